The summed E-state index contributed by atoms with van der Waals surface area (Å²) < 4.78 is 5.54. The van der Waals surface area contributed by atoms with Crippen LogP contribution in [0.3, 0.4) is 0 Å². The van der Waals surface area contributed by atoms with Crippen LogP contribution >= 0.6 is 48.0 Å². The summed E-state index contributed by atoms with van der Waals surface area (Å²) in [5, 5.41) is 4.80. The predicted octanol–water partition coefficient (Wildman–Crippen LogP) is 4.21. The van der Waals surface area contributed by atoms with Crippen LogP contribution in [0, 0.1) is 5.92 Å². The fraction of sp³-hybridized carbons (Fsp3) is 0.625. The van der Waals surface area contributed by atoms with Crippen molar-refractivity contribution in [1.29, 1.82) is 0 Å². The minimum atomic E-state index is 0. The molecule has 2 aliphatic rings. The normalized spacial score (nSPS) is 21.1. The molecule has 2 aliphatic heterocycles. The summed E-state index contributed by atoms with van der Waals surface area (Å²) in [4.78, 5) is 2.56. The third-order valence-corrected chi connectivity index (χ3v) is 5.39. The van der Waals surface area contributed by atoms with Crippen LogP contribution in [0.4, 0.5) is 0 Å². The van der Waals surface area contributed by atoms with E-state index in [1.54, 1.807) is 0 Å². The lowest BCUT2D eigenvalue weighted by Crippen LogP contribution is -2.47. The summed E-state index contributed by atoms with van der Waals surface area (Å²) in [7, 11) is 0. The van der Waals surface area contributed by atoms with Gasteiger partial charge in [-0.1, -0.05) is 35.3 Å². The minimum Gasteiger partial charge on any atom is -0.381 e. The fourth-order valence-electron chi connectivity index (χ4n) is 3.49. The van der Waals surface area contributed by atoms with Crippen molar-refractivity contribution in [3.63, 3.8) is 0 Å². The largest absolute Gasteiger partial charge is 0.381 e. The summed E-state index contributed by atoms with van der Waals surface area (Å²) in [6.45, 7) is 5.91. The minimum absolute atomic E-state index is 0. The number of rotatable bonds is 3. The number of benzene rings is 1. The number of halogens is 4. The Morgan fingerprint density at radius 3 is 2.39 bits per heavy atom. The Balaban J connectivity index is 0.00000132. The number of hydrogen-bond donors (Lipinski definition) is 1. The molecule has 1 aromatic carbocycles. The van der Waals surface area contributed by atoms with Crippen LogP contribution in [0.5, 0.6) is 0 Å². The van der Waals surface area contributed by atoms with Crippen LogP contribution in [-0.2, 0) is 4.74 Å². The first-order valence-corrected chi connectivity index (χ1v) is 8.49. The zero-order chi connectivity index (χ0) is 14.7. The van der Waals surface area contributed by atoms with E-state index in [-0.39, 0.29) is 24.8 Å². The van der Waals surface area contributed by atoms with E-state index < -0.39 is 0 Å². The Kier molecular flexibility index (Phi) is 9.54. The van der Waals surface area contributed by atoms with Gasteiger partial charge in [-0.2, -0.15) is 0 Å². The standard InChI is InChI=1S/C16H22Cl2N2O.2ClH/c17-14-3-1-2-13(15(14)18)16(12-4-10-21-11-5-12)20-8-6-19-7-9-20;;/h1-3,12,16,19H,4-11H2;2*1H/t16-;;/m0../s1. The van der Waals surface area contributed by atoms with Crippen LogP contribution in [-0.4, -0.2) is 44.3 Å². The van der Waals surface area contributed by atoms with Gasteiger partial charge < -0.3 is 10.1 Å². The third kappa shape index (κ3) is 5.12. The summed E-state index contributed by atoms with van der Waals surface area (Å²) in [5.41, 5.74) is 1.18. The predicted molar refractivity (Wildman–Crippen MR) is 102 cm³/mol. The summed E-state index contributed by atoms with van der Waals surface area (Å²) in [6, 6.07) is 6.36. The number of nitrogens with zero attached hydrogens (tertiary/aromatic N) is 1. The quantitative estimate of drug-likeness (QED) is 0.820. The number of ether oxygens (including phenoxy) is 1. The molecular weight excluding hydrogens is 378 g/mol. The molecule has 3 rings (SSSR count). The zero-order valence-corrected chi connectivity index (χ0v) is 16.1. The van der Waals surface area contributed by atoms with Gasteiger partial charge in [0.1, 0.15) is 0 Å². The van der Waals surface area contributed by atoms with Crippen LogP contribution < -0.4 is 5.32 Å². The van der Waals surface area contributed by atoms with Crippen molar-refractivity contribution in [2.45, 2.75) is 18.9 Å². The Hall–Kier alpha value is 0.260. The number of hydrogen-bond acceptors (Lipinski definition) is 3. The Bertz CT molecular complexity index is 459. The lowest BCUT2D eigenvalue weighted by molar-refractivity contribution is 0.0213. The maximum Gasteiger partial charge on any atom is 0.0640 e. The SMILES string of the molecule is Cl.Cl.Clc1cccc([C@H](C2CCOCC2)N2CCNCC2)c1Cl. The summed E-state index contributed by atoms with van der Waals surface area (Å²) in [6.07, 6.45) is 2.19. The van der Waals surface area contributed by atoms with E-state index in [9.17, 15) is 0 Å². The third-order valence-electron chi connectivity index (χ3n) is 4.56. The van der Waals surface area contributed by atoms with Gasteiger partial charge in [-0.15, -0.1) is 24.8 Å². The smallest absolute Gasteiger partial charge is 0.0640 e. The van der Waals surface area contributed by atoms with Gasteiger partial charge in [0, 0.05) is 45.4 Å². The van der Waals surface area contributed by atoms with Gasteiger partial charge in [-0.25, -0.2) is 0 Å². The molecule has 0 radical (unpaired) electrons. The Morgan fingerprint density at radius 1 is 1.09 bits per heavy atom. The average Bonchev–Trinajstić information content (AvgIpc) is 2.54. The molecule has 2 saturated heterocycles. The molecule has 2 heterocycles. The van der Waals surface area contributed by atoms with E-state index in [4.69, 9.17) is 27.9 Å². The Labute approximate surface area is 160 Å². The lowest BCUT2D eigenvalue weighted by atomic mass is 9.85. The first kappa shape index (κ1) is 21.3. The molecule has 3 nitrogen and oxygen atoms in total. The lowest BCUT2D eigenvalue weighted by Gasteiger charge is -2.41. The molecule has 0 saturated carbocycles. The van der Waals surface area contributed by atoms with E-state index in [0.717, 1.165) is 52.2 Å². The van der Waals surface area contributed by atoms with Crippen LogP contribution in [0.15, 0.2) is 18.2 Å². The van der Waals surface area contributed by atoms with Gasteiger partial charge >= 0.3 is 0 Å². The van der Waals surface area contributed by atoms with Crippen molar-refractivity contribution in [2.24, 2.45) is 5.92 Å². The second-order valence-corrected chi connectivity index (χ2v) is 6.61. The van der Waals surface area contributed by atoms with E-state index in [1.807, 2.05) is 12.1 Å². The second kappa shape index (κ2) is 10.3. The molecule has 1 aromatic rings. The van der Waals surface area contributed by atoms with E-state index in [1.165, 1.54) is 5.56 Å². The second-order valence-electron chi connectivity index (χ2n) is 5.82. The highest BCUT2D eigenvalue weighted by Crippen LogP contribution is 2.40. The average molecular weight is 402 g/mol. The van der Waals surface area contributed by atoms with Gasteiger partial charge in [0.25, 0.3) is 0 Å². The fourth-order valence-corrected chi connectivity index (χ4v) is 3.91. The molecule has 1 atom stereocenters. The molecule has 1 N–H and O–H groups in total. The van der Waals surface area contributed by atoms with E-state index in [0.29, 0.717) is 22.0 Å². The van der Waals surface area contributed by atoms with Gasteiger partial charge in [0.2, 0.25) is 0 Å². The van der Waals surface area contributed by atoms with E-state index in [2.05, 4.69) is 16.3 Å². The highest BCUT2D eigenvalue weighted by atomic mass is 35.5. The van der Waals surface area contributed by atoms with Crippen molar-refractivity contribution in [3.05, 3.63) is 33.8 Å². The topological polar surface area (TPSA) is 24.5 Å². The molecule has 0 unspecified atom stereocenters. The van der Waals surface area contributed by atoms with Gasteiger partial charge in [-0.3, -0.25) is 4.90 Å². The number of nitrogens with one attached hydrogen (secondary N) is 1. The van der Waals surface area contributed by atoms with Gasteiger partial charge in [0.05, 0.1) is 10.0 Å². The highest BCUT2D eigenvalue weighted by molar-refractivity contribution is 6.42. The summed E-state index contributed by atoms with van der Waals surface area (Å²) in [5.74, 6) is 0.591. The molecule has 132 valence electrons. The van der Waals surface area contributed by atoms with Crippen molar-refractivity contribution in [2.75, 3.05) is 39.4 Å². The monoisotopic (exact) mass is 400 g/mol. The van der Waals surface area contributed by atoms with Crippen molar-refractivity contribution < 1.29 is 4.74 Å². The van der Waals surface area contributed by atoms with Crippen molar-refractivity contribution in [1.82, 2.24) is 10.2 Å². The zero-order valence-electron chi connectivity index (χ0n) is 13.0. The van der Waals surface area contributed by atoms with Gasteiger partial charge in [-0.05, 0) is 30.4 Å². The van der Waals surface area contributed by atoms with E-state index >= 15 is 0 Å². The van der Waals surface area contributed by atoms with Crippen LogP contribution in [0.25, 0.3) is 0 Å². The van der Waals surface area contributed by atoms with Crippen LogP contribution in [0.2, 0.25) is 10.0 Å². The molecule has 0 amide bonds. The van der Waals surface area contributed by atoms with Crippen LogP contribution in [0.1, 0.15) is 24.4 Å². The molecule has 0 spiro atoms. The Morgan fingerprint density at radius 2 is 1.74 bits per heavy atom. The maximum atomic E-state index is 6.52. The van der Waals surface area contributed by atoms with Gasteiger partial charge in [0.15, 0.2) is 0 Å². The molecular formula is C16H24Cl4N2O. The maximum absolute atomic E-state index is 6.52. The van der Waals surface area contributed by atoms with Crippen molar-refractivity contribution in [3.8, 4) is 0 Å². The highest BCUT2D eigenvalue weighted by Gasteiger charge is 2.32. The van der Waals surface area contributed by atoms with Crippen molar-refractivity contribution >= 4 is 48.0 Å². The number of piperazine rings is 1. The molecule has 2 fully saturated rings. The first-order valence-electron chi connectivity index (χ1n) is 7.74. The molecule has 23 heavy (non-hydrogen) atoms. The molecule has 0 aromatic heterocycles. The summed E-state index contributed by atoms with van der Waals surface area (Å²) >= 11 is 12.8. The molecule has 0 aliphatic carbocycles. The molecule has 7 heteroatoms. The first-order chi connectivity index (χ1) is 10.3. The molecule has 0 bridgehead atoms.